The van der Waals surface area contributed by atoms with Gasteiger partial charge in [0.1, 0.15) is 0 Å². The zero-order valence-corrected chi connectivity index (χ0v) is 12.4. The van der Waals surface area contributed by atoms with E-state index in [0.29, 0.717) is 12.5 Å². The van der Waals surface area contributed by atoms with E-state index in [2.05, 4.69) is 30.7 Å². The Morgan fingerprint density at radius 2 is 2.21 bits per heavy atom. The number of ether oxygens (including phenoxy) is 1. The van der Waals surface area contributed by atoms with Gasteiger partial charge in [0.05, 0.1) is 6.61 Å². The Hall–Kier alpha value is -1.29. The third kappa shape index (κ3) is 5.47. The second-order valence-electron chi connectivity index (χ2n) is 5.16. The molecule has 4 nitrogen and oxygen atoms in total. The zero-order valence-electron chi connectivity index (χ0n) is 12.4. The van der Waals surface area contributed by atoms with E-state index in [4.69, 9.17) is 10.5 Å². The Balaban J connectivity index is 2.86. The third-order valence-electron chi connectivity index (χ3n) is 2.73. The molecule has 0 amide bonds. The summed E-state index contributed by atoms with van der Waals surface area (Å²) in [5, 5.41) is 0. The van der Waals surface area contributed by atoms with E-state index in [9.17, 15) is 0 Å². The standard InChI is InChI=1S/C15H27N3O/c1-4-11-19-14-7-5-9-17-15(14)18(10-6-8-16)12-13(2)3/h5,7,9,13H,4,6,8,10-12,16H2,1-3H3. The van der Waals surface area contributed by atoms with Gasteiger partial charge in [-0.2, -0.15) is 0 Å². The molecule has 0 aliphatic carbocycles. The molecule has 0 bridgehead atoms. The fraction of sp³-hybridized carbons (Fsp3) is 0.667. The van der Waals surface area contributed by atoms with Gasteiger partial charge in [0, 0.05) is 19.3 Å². The molecule has 0 saturated heterocycles. The molecule has 19 heavy (non-hydrogen) atoms. The maximum Gasteiger partial charge on any atom is 0.171 e. The lowest BCUT2D eigenvalue weighted by Crippen LogP contribution is -2.31. The topological polar surface area (TPSA) is 51.4 Å². The predicted octanol–water partition coefficient (Wildman–Crippen LogP) is 2.68. The number of pyridine rings is 1. The lowest BCUT2D eigenvalue weighted by molar-refractivity contribution is 0.316. The number of aromatic nitrogens is 1. The molecule has 0 radical (unpaired) electrons. The lowest BCUT2D eigenvalue weighted by atomic mass is 10.2. The molecule has 0 aromatic carbocycles. The summed E-state index contributed by atoms with van der Waals surface area (Å²) in [5.41, 5.74) is 5.63. The van der Waals surface area contributed by atoms with Crippen LogP contribution in [0, 0.1) is 5.92 Å². The number of hydrogen-bond acceptors (Lipinski definition) is 4. The molecule has 1 heterocycles. The number of hydrogen-bond donors (Lipinski definition) is 1. The van der Waals surface area contributed by atoms with Crippen LogP contribution < -0.4 is 15.4 Å². The van der Waals surface area contributed by atoms with Crippen molar-refractivity contribution in [3.8, 4) is 5.75 Å². The van der Waals surface area contributed by atoms with Crippen LogP contribution >= 0.6 is 0 Å². The average molecular weight is 265 g/mol. The van der Waals surface area contributed by atoms with Gasteiger partial charge >= 0.3 is 0 Å². The molecule has 0 spiro atoms. The molecule has 2 N–H and O–H groups in total. The fourth-order valence-corrected chi connectivity index (χ4v) is 1.95. The molecule has 0 saturated carbocycles. The largest absolute Gasteiger partial charge is 0.490 e. The van der Waals surface area contributed by atoms with E-state index in [1.165, 1.54) is 0 Å². The quantitative estimate of drug-likeness (QED) is 0.746. The van der Waals surface area contributed by atoms with Crippen molar-refractivity contribution >= 4 is 5.82 Å². The van der Waals surface area contributed by atoms with Crippen molar-refractivity contribution < 1.29 is 4.74 Å². The first kappa shape index (κ1) is 15.8. The first-order valence-electron chi connectivity index (χ1n) is 7.21. The maximum atomic E-state index is 5.79. The fourth-order valence-electron chi connectivity index (χ4n) is 1.95. The molecule has 4 heteroatoms. The number of anilines is 1. The van der Waals surface area contributed by atoms with Crippen molar-refractivity contribution in [2.45, 2.75) is 33.6 Å². The summed E-state index contributed by atoms with van der Waals surface area (Å²) in [6, 6.07) is 3.92. The van der Waals surface area contributed by atoms with Gasteiger partial charge < -0.3 is 15.4 Å². The maximum absolute atomic E-state index is 5.79. The van der Waals surface area contributed by atoms with Crippen molar-refractivity contribution in [1.82, 2.24) is 4.98 Å². The molecule has 0 unspecified atom stereocenters. The number of rotatable bonds is 9. The van der Waals surface area contributed by atoms with Gasteiger partial charge in [-0.1, -0.05) is 20.8 Å². The van der Waals surface area contributed by atoms with Crippen LogP contribution in [0.1, 0.15) is 33.6 Å². The van der Waals surface area contributed by atoms with Gasteiger partial charge in [0.15, 0.2) is 11.6 Å². The van der Waals surface area contributed by atoms with Crippen LogP contribution in [0.4, 0.5) is 5.82 Å². The van der Waals surface area contributed by atoms with Crippen LogP contribution in [-0.2, 0) is 0 Å². The van der Waals surface area contributed by atoms with Crippen LogP contribution in [0.3, 0.4) is 0 Å². The average Bonchev–Trinajstić information content (AvgIpc) is 2.41. The van der Waals surface area contributed by atoms with Gasteiger partial charge in [-0.25, -0.2) is 4.98 Å². The molecule has 0 aliphatic heterocycles. The minimum absolute atomic E-state index is 0.582. The Morgan fingerprint density at radius 3 is 2.84 bits per heavy atom. The van der Waals surface area contributed by atoms with Crippen LogP contribution in [0.2, 0.25) is 0 Å². The van der Waals surface area contributed by atoms with Gasteiger partial charge in [-0.05, 0) is 37.4 Å². The molecule has 0 aliphatic rings. The highest BCUT2D eigenvalue weighted by Gasteiger charge is 2.14. The van der Waals surface area contributed by atoms with Crippen LogP contribution in [-0.4, -0.2) is 31.2 Å². The zero-order chi connectivity index (χ0) is 14.1. The summed E-state index contributed by atoms with van der Waals surface area (Å²) in [6.07, 6.45) is 3.79. The summed E-state index contributed by atoms with van der Waals surface area (Å²) < 4.78 is 5.79. The molecule has 1 aromatic rings. The lowest BCUT2D eigenvalue weighted by Gasteiger charge is -2.27. The van der Waals surface area contributed by atoms with Crippen LogP contribution in [0.15, 0.2) is 18.3 Å². The summed E-state index contributed by atoms with van der Waals surface area (Å²) >= 11 is 0. The number of nitrogens with zero attached hydrogens (tertiary/aromatic N) is 2. The Morgan fingerprint density at radius 1 is 1.42 bits per heavy atom. The highest BCUT2D eigenvalue weighted by Crippen LogP contribution is 2.26. The molecule has 1 aromatic heterocycles. The van der Waals surface area contributed by atoms with E-state index in [1.807, 2.05) is 18.3 Å². The SMILES string of the molecule is CCCOc1cccnc1N(CCCN)CC(C)C. The van der Waals surface area contributed by atoms with E-state index >= 15 is 0 Å². The van der Waals surface area contributed by atoms with Gasteiger partial charge in [-0.15, -0.1) is 0 Å². The van der Waals surface area contributed by atoms with Crippen molar-refractivity contribution in [2.24, 2.45) is 11.7 Å². The summed E-state index contributed by atoms with van der Waals surface area (Å²) in [4.78, 5) is 6.78. The van der Waals surface area contributed by atoms with Crippen molar-refractivity contribution in [1.29, 1.82) is 0 Å². The minimum atomic E-state index is 0.582. The van der Waals surface area contributed by atoms with Crippen molar-refractivity contribution in [2.75, 3.05) is 31.1 Å². The smallest absolute Gasteiger partial charge is 0.171 e. The van der Waals surface area contributed by atoms with Crippen LogP contribution in [0.5, 0.6) is 5.75 Å². The Kier molecular flexibility index (Phi) is 7.26. The summed E-state index contributed by atoms with van der Waals surface area (Å²) in [7, 11) is 0. The van der Waals surface area contributed by atoms with E-state index in [-0.39, 0.29) is 0 Å². The molecular weight excluding hydrogens is 238 g/mol. The molecule has 1 rings (SSSR count). The van der Waals surface area contributed by atoms with Gasteiger partial charge in [0.25, 0.3) is 0 Å². The summed E-state index contributed by atoms with van der Waals surface area (Å²) in [6.45, 7) is 9.86. The first-order chi connectivity index (χ1) is 9.19. The highest BCUT2D eigenvalue weighted by molar-refractivity contribution is 5.52. The third-order valence-corrected chi connectivity index (χ3v) is 2.73. The highest BCUT2D eigenvalue weighted by atomic mass is 16.5. The molecule has 0 fully saturated rings. The van der Waals surface area contributed by atoms with E-state index in [0.717, 1.165) is 44.1 Å². The Labute approximate surface area is 117 Å². The molecular formula is C15H27N3O. The van der Waals surface area contributed by atoms with Crippen molar-refractivity contribution in [3.63, 3.8) is 0 Å². The Bertz CT molecular complexity index is 355. The van der Waals surface area contributed by atoms with Gasteiger partial charge in [0.2, 0.25) is 0 Å². The number of nitrogens with two attached hydrogens (primary N) is 1. The predicted molar refractivity (Wildman–Crippen MR) is 80.7 cm³/mol. The van der Waals surface area contributed by atoms with Crippen LogP contribution in [0.25, 0.3) is 0 Å². The molecule has 0 atom stereocenters. The summed E-state index contributed by atoms with van der Waals surface area (Å²) in [5.74, 6) is 2.40. The van der Waals surface area contributed by atoms with E-state index < -0.39 is 0 Å². The minimum Gasteiger partial charge on any atom is -0.490 e. The van der Waals surface area contributed by atoms with E-state index in [1.54, 1.807) is 0 Å². The first-order valence-corrected chi connectivity index (χ1v) is 7.21. The normalized spacial score (nSPS) is 10.8. The van der Waals surface area contributed by atoms with Crippen molar-refractivity contribution in [3.05, 3.63) is 18.3 Å². The second kappa shape index (κ2) is 8.75. The molecule has 108 valence electrons. The van der Waals surface area contributed by atoms with Gasteiger partial charge in [-0.3, -0.25) is 0 Å². The monoisotopic (exact) mass is 265 g/mol. The second-order valence-corrected chi connectivity index (χ2v) is 5.16.